The second kappa shape index (κ2) is 7.59. The minimum Gasteiger partial charge on any atom is -0.359 e. The van der Waals surface area contributed by atoms with Gasteiger partial charge in [0, 0.05) is 11.8 Å². The predicted octanol–water partition coefficient (Wildman–Crippen LogP) is 2.52. The van der Waals surface area contributed by atoms with E-state index in [1.807, 2.05) is 30.5 Å². The second-order valence-electron chi connectivity index (χ2n) is 4.88. The molecular formula is C16H21N4S+. The van der Waals surface area contributed by atoms with Crippen LogP contribution in [-0.4, -0.2) is 18.2 Å². The van der Waals surface area contributed by atoms with Gasteiger partial charge in [-0.25, -0.2) is 4.98 Å². The molecule has 2 aromatic rings. The Labute approximate surface area is 131 Å². The molecule has 0 saturated heterocycles. The minimum absolute atomic E-state index is 0.636. The van der Waals surface area contributed by atoms with Crippen molar-refractivity contribution in [3.8, 4) is 0 Å². The Bertz CT molecular complexity index is 598. The summed E-state index contributed by atoms with van der Waals surface area (Å²) in [6.45, 7) is 5.73. The van der Waals surface area contributed by atoms with Crippen molar-refractivity contribution in [1.29, 1.82) is 0 Å². The number of hydrogen-bond acceptors (Lipinski definition) is 2. The van der Waals surface area contributed by atoms with E-state index in [0.717, 1.165) is 24.6 Å². The van der Waals surface area contributed by atoms with Crippen LogP contribution in [-0.2, 0) is 0 Å². The highest BCUT2D eigenvalue weighted by Crippen LogP contribution is 2.13. The third-order valence-corrected chi connectivity index (χ3v) is 3.45. The molecule has 110 valence electrons. The van der Waals surface area contributed by atoms with Gasteiger partial charge < -0.3 is 10.6 Å². The Kier molecular flexibility index (Phi) is 5.51. The molecule has 0 bridgehead atoms. The first-order valence-electron chi connectivity index (χ1n) is 6.98. The molecule has 0 unspecified atom stereocenters. The number of pyridine rings is 1. The van der Waals surface area contributed by atoms with Gasteiger partial charge in [0.2, 0.25) is 0 Å². The first-order chi connectivity index (χ1) is 10.1. The highest BCUT2D eigenvalue weighted by atomic mass is 32.1. The quantitative estimate of drug-likeness (QED) is 0.587. The number of hydrogen-bond donors (Lipinski definition) is 3. The molecule has 1 heterocycles. The number of aryl methyl sites for hydroxylation is 2. The van der Waals surface area contributed by atoms with Crippen molar-refractivity contribution in [3.05, 3.63) is 53.7 Å². The van der Waals surface area contributed by atoms with Crippen molar-refractivity contribution in [1.82, 2.24) is 5.32 Å². The number of aromatic nitrogens is 1. The summed E-state index contributed by atoms with van der Waals surface area (Å²) in [6.07, 6.45) is 1.89. The summed E-state index contributed by atoms with van der Waals surface area (Å²) in [7, 11) is 0. The van der Waals surface area contributed by atoms with Crippen molar-refractivity contribution in [2.24, 2.45) is 0 Å². The fourth-order valence-corrected chi connectivity index (χ4v) is 2.09. The SMILES string of the molecule is Cc1ccc(NC(=S)NCCNc2cccc[nH+]2)cc1C. The Morgan fingerprint density at radius 2 is 1.95 bits per heavy atom. The summed E-state index contributed by atoms with van der Waals surface area (Å²) in [4.78, 5) is 3.12. The van der Waals surface area contributed by atoms with Crippen molar-refractivity contribution in [2.75, 3.05) is 23.7 Å². The normalized spacial score (nSPS) is 10.0. The molecular weight excluding hydrogens is 280 g/mol. The van der Waals surface area contributed by atoms with Gasteiger partial charge in [0.05, 0.1) is 12.7 Å². The molecule has 4 nitrogen and oxygen atoms in total. The summed E-state index contributed by atoms with van der Waals surface area (Å²) in [5, 5.41) is 10.3. The van der Waals surface area contributed by atoms with E-state index in [1.54, 1.807) is 0 Å². The van der Waals surface area contributed by atoms with Crippen molar-refractivity contribution in [2.45, 2.75) is 13.8 Å². The third kappa shape index (κ3) is 5.04. The van der Waals surface area contributed by atoms with Gasteiger partial charge in [0.15, 0.2) is 5.11 Å². The smallest absolute Gasteiger partial charge is 0.272 e. The van der Waals surface area contributed by atoms with E-state index < -0.39 is 0 Å². The van der Waals surface area contributed by atoms with Gasteiger partial charge in [-0.2, -0.15) is 0 Å². The lowest BCUT2D eigenvalue weighted by Gasteiger charge is -2.11. The monoisotopic (exact) mass is 301 g/mol. The van der Waals surface area contributed by atoms with Gasteiger partial charge >= 0.3 is 0 Å². The average molecular weight is 301 g/mol. The fraction of sp³-hybridized carbons (Fsp3) is 0.250. The summed E-state index contributed by atoms with van der Waals surface area (Å²) in [6, 6.07) is 12.1. The maximum atomic E-state index is 5.28. The minimum atomic E-state index is 0.636. The molecule has 4 N–H and O–H groups in total. The Morgan fingerprint density at radius 3 is 2.67 bits per heavy atom. The van der Waals surface area contributed by atoms with Gasteiger partial charge in [-0.1, -0.05) is 12.1 Å². The van der Waals surface area contributed by atoms with E-state index in [9.17, 15) is 0 Å². The summed E-state index contributed by atoms with van der Waals surface area (Å²) >= 11 is 5.28. The van der Waals surface area contributed by atoms with Crippen LogP contribution in [0.3, 0.4) is 0 Å². The Balaban J connectivity index is 1.71. The van der Waals surface area contributed by atoms with Crippen molar-refractivity contribution in [3.63, 3.8) is 0 Å². The number of nitrogens with one attached hydrogen (secondary N) is 4. The fourth-order valence-electron chi connectivity index (χ4n) is 1.87. The van der Waals surface area contributed by atoms with Gasteiger partial charge in [0.1, 0.15) is 6.54 Å². The van der Waals surface area contributed by atoms with Crippen molar-refractivity contribution >= 4 is 28.8 Å². The molecule has 0 aliphatic carbocycles. The van der Waals surface area contributed by atoms with Crippen LogP contribution in [0.5, 0.6) is 0 Å². The first kappa shape index (κ1) is 15.3. The maximum Gasteiger partial charge on any atom is 0.272 e. The lowest BCUT2D eigenvalue weighted by atomic mass is 10.1. The number of aromatic amines is 1. The molecule has 0 aliphatic rings. The van der Waals surface area contributed by atoms with E-state index >= 15 is 0 Å². The molecule has 5 heteroatoms. The van der Waals surface area contributed by atoms with Crippen LogP contribution in [0.2, 0.25) is 0 Å². The van der Waals surface area contributed by atoms with E-state index in [-0.39, 0.29) is 0 Å². The zero-order valence-corrected chi connectivity index (χ0v) is 13.2. The zero-order valence-electron chi connectivity index (χ0n) is 12.4. The Morgan fingerprint density at radius 1 is 1.10 bits per heavy atom. The number of thiocarbonyl (C=S) groups is 1. The molecule has 0 spiro atoms. The second-order valence-corrected chi connectivity index (χ2v) is 5.29. The first-order valence-corrected chi connectivity index (χ1v) is 7.38. The van der Waals surface area contributed by atoms with Gasteiger partial charge in [-0.15, -0.1) is 0 Å². The van der Waals surface area contributed by atoms with Crippen LogP contribution in [0.4, 0.5) is 11.5 Å². The van der Waals surface area contributed by atoms with E-state index in [4.69, 9.17) is 12.2 Å². The molecule has 1 aromatic heterocycles. The standard InChI is InChI=1S/C16H20N4S/c1-12-6-7-14(11-13(12)2)20-16(21)19-10-9-18-15-5-3-4-8-17-15/h3-8,11H,9-10H2,1-2H3,(H,17,18)(H2,19,20,21)/p+1. The van der Waals surface area contributed by atoms with Crippen LogP contribution in [0, 0.1) is 13.8 Å². The molecule has 21 heavy (non-hydrogen) atoms. The molecule has 0 fully saturated rings. The molecule has 0 aliphatic heterocycles. The number of anilines is 2. The zero-order chi connectivity index (χ0) is 15.1. The van der Waals surface area contributed by atoms with Gasteiger partial charge in [0.25, 0.3) is 5.82 Å². The molecule has 0 amide bonds. The largest absolute Gasteiger partial charge is 0.359 e. The van der Waals surface area contributed by atoms with Crippen LogP contribution >= 0.6 is 12.2 Å². The molecule has 0 saturated carbocycles. The Hall–Kier alpha value is -2.14. The summed E-state index contributed by atoms with van der Waals surface area (Å²) < 4.78 is 0. The van der Waals surface area contributed by atoms with E-state index in [1.165, 1.54) is 11.1 Å². The maximum absolute atomic E-state index is 5.28. The third-order valence-electron chi connectivity index (χ3n) is 3.20. The van der Waals surface area contributed by atoms with Crippen molar-refractivity contribution < 1.29 is 4.98 Å². The van der Waals surface area contributed by atoms with Crippen LogP contribution < -0.4 is 20.9 Å². The topological polar surface area (TPSA) is 50.2 Å². The highest BCUT2D eigenvalue weighted by molar-refractivity contribution is 7.80. The predicted molar refractivity (Wildman–Crippen MR) is 91.6 cm³/mol. The number of rotatable bonds is 5. The molecule has 0 atom stereocenters. The summed E-state index contributed by atoms with van der Waals surface area (Å²) in [5.74, 6) is 0.993. The van der Waals surface area contributed by atoms with Gasteiger partial charge in [-0.05, 0) is 55.4 Å². The molecule has 1 aromatic carbocycles. The van der Waals surface area contributed by atoms with Crippen LogP contribution in [0.25, 0.3) is 0 Å². The lowest BCUT2D eigenvalue weighted by Crippen LogP contribution is -2.33. The molecule has 2 rings (SSSR count). The van der Waals surface area contributed by atoms with Gasteiger partial charge in [-0.3, -0.25) is 5.32 Å². The molecule has 0 radical (unpaired) electrons. The lowest BCUT2D eigenvalue weighted by molar-refractivity contribution is -0.361. The van der Waals surface area contributed by atoms with E-state index in [2.05, 4.69) is 46.9 Å². The number of H-pyrrole nitrogens is 1. The van der Waals surface area contributed by atoms with Crippen LogP contribution in [0.1, 0.15) is 11.1 Å². The highest BCUT2D eigenvalue weighted by Gasteiger charge is 2.01. The van der Waals surface area contributed by atoms with E-state index in [0.29, 0.717) is 5.11 Å². The average Bonchev–Trinajstić information content (AvgIpc) is 2.49. The number of benzene rings is 1. The summed E-state index contributed by atoms with van der Waals surface area (Å²) in [5.41, 5.74) is 3.55. The van der Waals surface area contributed by atoms with Crippen LogP contribution in [0.15, 0.2) is 42.6 Å².